The molecule has 2 aromatic carbocycles. The van der Waals surface area contributed by atoms with E-state index in [0.717, 1.165) is 28.2 Å². The van der Waals surface area contributed by atoms with E-state index in [2.05, 4.69) is 5.32 Å². The number of nitrogens with zero attached hydrogens (tertiary/aromatic N) is 1. The first-order chi connectivity index (χ1) is 13.5. The van der Waals surface area contributed by atoms with E-state index in [1.807, 2.05) is 42.5 Å². The molecule has 8 heteroatoms. The van der Waals surface area contributed by atoms with Gasteiger partial charge >= 0.3 is 12.0 Å². The van der Waals surface area contributed by atoms with Crippen molar-refractivity contribution in [2.45, 2.75) is 39.0 Å². The Hall–Kier alpha value is -3.13. The van der Waals surface area contributed by atoms with Gasteiger partial charge in [0.05, 0.1) is 0 Å². The monoisotopic (exact) mass is 401 g/mol. The van der Waals surface area contributed by atoms with Crippen LogP contribution in [0.1, 0.15) is 26.3 Å². The lowest BCUT2D eigenvalue weighted by atomic mass is 9.98. The Kier molecular flexibility index (Phi) is 6.81. The zero-order chi connectivity index (χ0) is 21.8. The van der Waals surface area contributed by atoms with Crippen LogP contribution in [-0.2, 0) is 16.0 Å². The molecule has 0 bridgehead atoms. The molecule has 0 aromatic heterocycles. The Bertz CT molecular complexity index is 905. The molecule has 8 nitrogen and oxygen atoms in total. The minimum atomic E-state index is -2.43. The summed E-state index contributed by atoms with van der Waals surface area (Å²) in [6.07, 6.45) is 0.132. The summed E-state index contributed by atoms with van der Waals surface area (Å²) < 4.78 is 0. The number of hydrogen-bond donors (Lipinski definition) is 4. The molecule has 0 aliphatic heterocycles. The number of nitrogens with two attached hydrogens (primary N) is 1. The number of rotatable bonds is 8. The van der Waals surface area contributed by atoms with E-state index in [1.54, 1.807) is 13.8 Å². The van der Waals surface area contributed by atoms with Crippen LogP contribution in [0.15, 0.2) is 42.5 Å². The molecule has 0 aliphatic rings. The summed E-state index contributed by atoms with van der Waals surface area (Å²) in [6, 6.07) is 11.3. The molecular weight excluding hydrogens is 374 g/mol. The molecule has 0 saturated heterocycles. The quantitative estimate of drug-likeness (QED) is 0.500. The molecule has 2 aromatic rings. The molecule has 156 valence electrons. The van der Waals surface area contributed by atoms with Crippen molar-refractivity contribution in [3.63, 3.8) is 0 Å². The van der Waals surface area contributed by atoms with Crippen LogP contribution in [0.5, 0.6) is 0 Å². The molecule has 0 unspecified atom stereocenters. The number of benzene rings is 2. The average Bonchev–Trinajstić information content (AvgIpc) is 2.65. The van der Waals surface area contributed by atoms with Gasteiger partial charge in [0, 0.05) is 13.0 Å². The van der Waals surface area contributed by atoms with Crippen molar-refractivity contribution >= 4 is 28.7 Å². The predicted octanol–water partition coefficient (Wildman–Crippen LogP) is 1.70. The fourth-order valence-electron chi connectivity index (χ4n) is 3.08. The molecule has 2 rings (SSSR count). The van der Waals surface area contributed by atoms with Crippen molar-refractivity contribution in [2.24, 2.45) is 11.7 Å². The van der Waals surface area contributed by atoms with E-state index in [9.17, 15) is 24.6 Å². The Balaban J connectivity index is 2.29. The van der Waals surface area contributed by atoms with Crippen LogP contribution in [0.4, 0.5) is 4.79 Å². The second-order valence-corrected chi connectivity index (χ2v) is 7.58. The number of carboxylic acids is 1. The second kappa shape index (κ2) is 8.91. The van der Waals surface area contributed by atoms with Gasteiger partial charge < -0.3 is 21.3 Å². The summed E-state index contributed by atoms with van der Waals surface area (Å²) in [7, 11) is 0. The highest BCUT2D eigenvalue weighted by Crippen LogP contribution is 2.20. The summed E-state index contributed by atoms with van der Waals surface area (Å²) in [4.78, 5) is 37.0. The molecule has 0 saturated carbocycles. The topological polar surface area (TPSA) is 133 Å². The van der Waals surface area contributed by atoms with E-state index in [0.29, 0.717) is 0 Å². The normalized spacial score (nSPS) is 14.2. The summed E-state index contributed by atoms with van der Waals surface area (Å²) in [5.41, 5.74) is 3.87. The minimum absolute atomic E-state index is 0.0229. The van der Waals surface area contributed by atoms with Crippen LogP contribution < -0.4 is 11.1 Å². The maximum absolute atomic E-state index is 12.8. The zero-order valence-electron chi connectivity index (χ0n) is 16.8. The number of amides is 3. The second-order valence-electron chi connectivity index (χ2n) is 7.58. The van der Waals surface area contributed by atoms with E-state index in [1.165, 1.54) is 0 Å². The minimum Gasteiger partial charge on any atom is -0.478 e. The number of aliphatic hydroxyl groups is 1. The molecule has 0 radical (unpaired) electrons. The number of fused-ring (bicyclic) bond motifs is 1. The van der Waals surface area contributed by atoms with E-state index in [-0.39, 0.29) is 18.9 Å². The Morgan fingerprint density at radius 2 is 1.76 bits per heavy atom. The maximum atomic E-state index is 12.8. The van der Waals surface area contributed by atoms with Crippen LogP contribution in [0.3, 0.4) is 0 Å². The summed E-state index contributed by atoms with van der Waals surface area (Å²) >= 11 is 0. The summed E-state index contributed by atoms with van der Waals surface area (Å²) in [5.74, 6) is -2.44. The lowest BCUT2D eigenvalue weighted by Crippen LogP contribution is -2.61. The molecule has 29 heavy (non-hydrogen) atoms. The lowest BCUT2D eigenvalue weighted by molar-refractivity contribution is -0.173. The SMILES string of the molecule is CC(C)CN(C(=O)N[C@@H](Cc1cccc2ccccc12)C(N)=O)[C@@](C)(O)C(=O)O. The predicted molar refractivity (Wildman–Crippen MR) is 109 cm³/mol. The smallest absolute Gasteiger partial charge is 0.357 e. The molecule has 2 atom stereocenters. The van der Waals surface area contributed by atoms with Crippen molar-refractivity contribution in [3.05, 3.63) is 48.0 Å². The van der Waals surface area contributed by atoms with Gasteiger partial charge in [-0.25, -0.2) is 9.59 Å². The van der Waals surface area contributed by atoms with Crippen molar-refractivity contribution in [1.82, 2.24) is 10.2 Å². The number of carbonyl (C=O) groups is 3. The van der Waals surface area contributed by atoms with Gasteiger partial charge in [-0.15, -0.1) is 0 Å². The highest BCUT2D eigenvalue weighted by Gasteiger charge is 2.41. The molecular formula is C21H27N3O5. The molecule has 0 aliphatic carbocycles. The first kappa shape index (κ1) is 22.2. The third-order valence-electron chi connectivity index (χ3n) is 4.67. The van der Waals surface area contributed by atoms with Crippen molar-refractivity contribution in [1.29, 1.82) is 0 Å². The first-order valence-electron chi connectivity index (χ1n) is 9.34. The molecule has 0 spiro atoms. The number of hydrogen-bond acceptors (Lipinski definition) is 4. The zero-order valence-corrected chi connectivity index (χ0v) is 16.8. The third-order valence-corrected chi connectivity index (χ3v) is 4.67. The summed E-state index contributed by atoms with van der Waals surface area (Å²) in [5, 5.41) is 24.0. The third kappa shape index (κ3) is 5.23. The average molecular weight is 401 g/mol. The van der Waals surface area contributed by atoms with Crippen molar-refractivity contribution in [3.8, 4) is 0 Å². The van der Waals surface area contributed by atoms with Gasteiger partial charge in [0.15, 0.2) is 0 Å². The molecule has 0 heterocycles. The van der Waals surface area contributed by atoms with Crippen LogP contribution in [0, 0.1) is 5.92 Å². The van der Waals surface area contributed by atoms with E-state index >= 15 is 0 Å². The largest absolute Gasteiger partial charge is 0.478 e. The highest BCUT2D eigenvalue weighted by molar-refractivity contribution is 5.90. The van der Waals surface area contributed by atoms with Crippen molar-refractivity contribution in [2.75, 3.05) is 6.54 Å². The van der Waals surface area contributed by atoms with Gasteiger partial charge in [-0.1, -0.05) is 56.3 Å². The van der Waals surface area contributed by atoms with Crippen LogP contribution in [-0.4, -0.2) is 51.3 Å². The standard InChI is InChI=1S/C21H27N3O5/c1-13(2)12-24(21(3,29)19(26)27)20(28)23-17(18(22)25)11-15-9-6-8-14-7-4-5-10-16(14)15/h4-10,13,17,29H,11-12H2,1-3H3,(H2,22,25)(H,23,28)(H,26,27)/t17-,21-/m0/s1. The van der Waals surface area contributed by atoms with Gasteiger partial charge in [0.25, 0.3) is 0 Å². The molecule has 0 fully saturated rings. The number of primary amides is 1. The maximum Gasteiger partial charge on any atom is 0.357 e. The number of aliphatic carboxylic acids is 1. The fraction of sp³-hybridized carbons (Fsp3) is 0.381. The summed E-state index contributed by atoms with van der Waals surface area (Å²) in [6.45, 7) is 4.55. The highest BCUT2D eigenvalue weighted by atomic mass is 16.4. The Morgan fingerprint density at radius 3 is 2.34 bits per heavy atom. The van der Waals surface area contributed by atoms with Crippen molar-refractivity contribution < 1.29 is 24.6 Å². The Morgan fingerprint density at radius 1 is 1.14 bits per heavy atom. The number of carboxylic acid groups (broad SMARTS) is 1. The van der Waals surface area contributed by atoms with Crippen LogP contribution >= 0.6 is 0 Å². The van der Waals surface area contributed by atoms with Gasteiger partial charge in [-0.05, 0) is 29.2 Å². The molecule has 3 amide bonds. The first-order valence-corrected chi connectivity index (χ1v) is 9.34. The fourth-order valence-corrected chi connectivity index (χ4v) is 3.08. The molecule has 5 N–H and O–H groups in total. The Labute approximate surface area is 169 Å². The van der Waals surface area contributed by atoms with Gasteiger partial charge in [0.1, 0.15) is 6.04 Å². The lowest BCUT2D eigenvalue weighted by Gasteiger charge is -2.35. The van der Waals surface area contributed by atoms with Crippen LogP contribution in [0.25, 0.3) is 10.8 Å². The van der Waals surface area contributed by atoms with E-state index in [4.69, 9.17) is 5.73 Å². The van der Waals surface area contributed by atoms with Crippen LogP contribution in [0.2, 0.25) is 0 Å². The van der Waals surface area contributed by atoms with Gasteiger partial charge in [0.2, 0.25) is 11.6 Å². The number of carbonyl (C=O) groups excluding carboxylic acids is 2. The van der Waals surface area contributed by atoms with Gasteiger partial charge in [-0.2, -0.15) is 0 Å². The number of nitrogens with one attached hydrogen (secondary N) is 1. The van der Waals surface area contributed by atoms with Gasteiger partial charge in [-0.3, -0.25) is 9.69 Å². The number of urea groups is 1. The van der Waals surface area contributed by atoms with E-state index < -0.39 is 29.7 Å².